The normalized spacial score (nSPS) is 17.6. The molecule has 30 heavy (non-hydrogen) atoms. The first kappa shape index (κ1) is 23.0. The van der Waals surface area contributed by atoms with Crippen molar-refractivity contribution in [1.82, 2.24) is 10.2 Å². The summed E-state index contributed by atoms with van der Waals surface area (Å²) in [7, 11) is 1.66. The van der Waals surface area contributed by atoms with Crippen LogP contribution < -0.4 is 10.1 Å². The summed E-state index contributed by atoms with van der Waals surface area (Å²) in [5, 5.41) is 13.7. The van der Waals surface area contributed by atoms with Crippen molar-refractivity contribution in [1.29, 1.82) is 0 Å². The first-order valence-corrected chi connectivity index (χ1v) is 10.7. The maximum atomic E-state index is 13.3. The van der Waals surface area contributed by atoms with E-state index in [1.807, 2.05) is 12.1 Å². The molecular weight excluding hydrogens is 407 g/mol. The summed E-state index contributed by atoms with van der Waals surface area (Å²) in [6.07, 6.45) is 0.992. The first-order chi connectivity index (χ1) is 14.5. The molecule has 0 aromatic heterocycles. The molecule has 1 fully saturated rings. The molecule has 2 atom stereocenters. The van der Waals surface area contributed by atoms with Crippen molar-refractivity contribution >= 4 is 11.6 Å². The number of methoxy groups -OCH3 is 1. The highest BCUT2D eigenvalue weighted by Gasteiger charge is 2.25. The maximum Gasteiger partial charge on any atom is 0.141 e. The Labute approximate surface area is 182 Å². The standard InChI is InChI=1S/C23H30ClFN2O3/c1-16(17-3-6-20(7-4-17)30-14-13-29-2)27-11-9-19(10-12-27)26-23(28)18-5-8-22(25)21(24)15-18/h3-8,15-16,19,23,26,28H,9-14H2,1-2H3. The molecule has 1 aliphatic heterocycles. The number of rotatable bonds is 9. The number of benzene rings is 2. The van der Waals surface area contributed by atoms with E-state index in [1.165, 1.54) is 17.7 Å². The molecule has 0 saturated carbocycles. The first-order valence-electron chi connectivity index (χ1n) is 10.3. The molecule has 0 amide bonds. The Bertz CT molecular complexity index is 798. The second-order valence-electron chi connectivity index (χ2n) is 7.64. The van der Waals surface area contributed by atoms with Gasteiger partial charge in [0.15, 0.2) is 0 Å². The maximum absolute atomic E-state index is 13.3. The predicted octanol–water partition coefficient (Wildman–Crippen LogP) is 4.31. The quantitative estimate of drug-likeness (QED) is 0.453. The molecule has 0 aliphatic carbocycles. The molecule has 1 aliphatic rings. The number of hydrogen-bond donors (Lipinski definition) is 2. The van der Waals surface area contributed by atoms with Crippen molar-refractivity contribution in [3.05, 3.63) is 64.4 Å². The number of hydrogen-bond acceptors (Lipinski definition) is 5. The molecule has 1 heterocycles. The minimum absolute atomic E-state index is 0.0205. The van der Waals surface area contributed by atoms with Gasteiger partial charge in [0, 0.05) is 32.3 Å². The third-order valence-corrected chi connectivity index (χ3v) is 5.94. The monoisotopic (exact) mass is 436 g/mol. The molecular formula is C23H30ClFN2O3. The molecule has 164 valence electrons. The number of aliphatic hydroxyl groups is 1. The van der Waals surface area contributed by atoms with Gasteiger partial charge < -0.3 is 14.6 Å². The van der Waals surface area contributed by atoms with Crippen LogP contribution in [0.5, 0.6) is 5.75 Å². The van der Waals surface area contributed by atoms with Crippen LogP contribution in [-0.4, -0.2) is 49.5 Å². The molecule has 7 heteroatoms. The van der Waals surface area contributed by atoms with Gasteiger partial charge in [-0.3, -0.25) is 10.2 Å². The highest BCUT2D eigenvalue weighted by atomic mass is 35.5. The van der Waals surface area contributed by atoms with Gasteiger partial charge in [0.2, 0.25) is 0 Å². The van der Waals surface area contributed by atoms with E-state index in [9.17, 15) is 9.50 Å². The number of likely N-dealkylation sites (tertiary alicyclic amines) is 1. The third-order valence-electron chi connectivity index (χ3n) is 5.65. The van der Waals surface area contributed by atoms with Crippen molar-refractivity contribution in [2.24, 2.45) is 0 Å². The predicted molar refractivity (Wildman–Crippen MR) is 116 cm³/mol. The summed E-state index contributed by atoms with van der Waals surface area (Å²) in [5.74, 6) is 0.366. The van der Waals surface area contributed by atoms with Gasteiger partial charge in [-0.05, 0) is 55.2 Å². The van der Waals surface area contributed by atoms with E-state index in [1.54, 1.807) is 13.2 Å². The van der Waals surface area contributed by atoms with Gasteiger partial charge >= 0.3 is 0 Å². The fraction of sp³-hybridized carbons (Fsp3) is 0.478. The van der Waals surface area contributed by atoms with E-state index in [4.69, 9.17) is 21.1 Å². The summed E-state index contributed by atoms with van der Waals surface area (Å²) in [6.45, 7) is 5.19. The van der Waals surface area contributed by atoms with Crippen LogP contribution in [0.15, 0.2) is 42.5 Å². The number of nitrogens with zero attached hydrogens (tertiary/aromatic N) is 1. The molecule has 3 rings (SSSR count). The smallest absolute Gasteiger partial charge is 0.141 e. The Kier molecular flexibility index (Phi) is 8.48. The largest absolute Gasteiger partial charge is 0.491 e. The van der Waals surface area contributed by atoms with Gasteiger partial charge in [-0.15, -0.1) is 0 Å². The zero-order valence-corrected chi connectivity index (χ0v) is 18.2. The van der Waals surface area contributed by atoms with E-state index >= 15 is 0 Å². The van der Waals surface area contributed by atoms with E-state index in [-0.39, 0.29) is 11.1 Å². The Morgan fingerprint density at radius 1 is 1.13 bits per heavy atom. The van der Waals surface area contributed by atoms with Gasteiger partial charge in [0.25, 0.3) is 0 Å². The lowest BCUT2D eigenvalue weighted by Crippen LogP contribution is -2.44. The number of aliphatic hydroxyl groups excluding tert-OH is 1. The van der Waals surface area contributed by atoms with Crippen LogP contribution in [0.2, 0.25) is 5.02 Å². The lowest BCUT2D eigenvalue weighted by atomic mass is 9.99. The van der Waals surface area contributed by atoms with Crippen LogP contribution in [0, 0.1) is 5.82 Å². The molecule has 1 saturated heterocycles. The van der Waals surface area contributed by atoms with Gasteiger partial charge in [-0.1, -0.05) is 29.8 Å². The van der Waals surface area contributed by atoms with Crippen molar-refractivity contribution in [2.75, 3.05) is 33.4 Å². The molecule has 0 radical (unpaired) electrons. The number of halogens is 2. The van der Waals surface area contributed by atoms with Crippen molar-refractivity contribution in [3.8, 4) is 5.75 Å². The minimum atomic E-state index is -0.859. The average molecular weight is 437 g/mol. The zero-order chi connectivity index (χ0) is 21.5. The summed E-state index contributed by atoms with van der Waals surface area (Å²) in [6, 6.07) is 13.0. The van der Waals surface area contributed by atoms with Crippen molar-refractivity contribution in [3.63, 3.8) is 0 Å². The fourth-order valence-corrected chi connectivity index (χ4v) is 3.94. The summed E-state index contributed by atoms with van der Waals surface area (Å²) in [4.78, 5) is 2.44. The minimum Gasteiger partial charge on any atom is -0.491 e. The van der Waals surface area contributed by atoms with Crippen molar-refractivity contribution < 1.29 is 19.0 Å². The second kappa shape index (κ2) is 11.1. The van der Waals surface area contributed by atoms with Gasteiger partial charge in [-0.25, -0.2) is 4.39 Å². The SMILES string of the molecule is COCCOc1ccc(C(C)N2CCC(NC(O)c3ccc(F)c(Cl)c3)CC2)cc1. The summed E-state index contributed by atoms with van der Waals surface area (Å²) < 4.78 is 23.9. The molecule has 2 aromatic rings. The van der Waals surface area contributed by atoms with Crippen LogP contribution in [0.1, 0.15) is 43.2 Å². The van der Waals surface area contributed by atoms with Crippen LogP contribution in [0.4, 0.5) is 4.39 Å². The lowest BCUT2D eigenvalue weighted by molar-refractivity contribution is 0.0888. The summed E-state index contributed by atoms with van der Waals surface area (Å²) >= 11 is 5.82. The van der Waals surface area contributed by atoms with Crippen LogP contribution in [0.25, 0.3) is 0 Å². The van der Waals surface area contributed by atoms with E-state index in [0.29, 0.717) is 24.8 Å². The number of piperidine rings is 1. The molecule has 0 spiro atoms. The Morgan fingerprint density at radius 2 is 1.80 bits per heavy atom. The molecule has 0 bridgehead atoms. The average Bonchev–Trinajstić information content (AvgIpc) is 2.76. The molecule has 5 nitrogen and oxygen atoms in total. The number of nitrogens with one attached hydrogen (secondary N) is 1. The Balaban J connectivity index is 1.48. The van der Waals surface area contributed by atoms with E-state index in [2.05, 4.69) is 29.3 Å². The highest BCUT2D eigenvalue weighted by molar-refractivity contribution is 6.30. The molecule has 2 N–H and O–H groups in total. The molecule has 2 aromatic carbocycles. The number of ether oxygens (including phenoxy) is 2. The van der Waals surface area contributed by atoms with E-state index in [0.717, 1.165) is 31.7 Å². The lowest BCUT2D eigenvalue weighted by Gasteiger charge is -2.37. The molecule has 2 unspecified atom stereocenters. The Morgan fingerprint density at radius 3 is 2.43 bits per heavy atom. The summed E-state index contributed by atoms with van der Waals surface area (Å²) in [5.41, 5.74) is 1.83. The Hall–Kier alpha value is -1.70. The topological polar surface area (TPSA) is 54.0 Å². The van der Waals surface area contributed by atoms with Crippen LogP contribution in [0.3, 0.4) is 0 Å². The third kappa shape index (κ3) is 6.15. The highest BCUT2D eigenvalue weighted by Crippen LogP contribution is 2.27. The van der Waals surface area contributed by atoms with Crippen LogP contribution in [-0.2, 0) is 4.74 Å². The van der Waals surface area contributed by atoms with Gasteiger partial charge in [0.1, 0.15) is 24.4 Å². The second-order valence-corrected chi connectivity index (χ2v) is 8.05. The van der Waals surface area contributed by atoms with E-state index < -0.39 is 12.0 Å². The van der Waals surface area contributed by atoms with Gasteiger partial charge in [-0.2, -0.15) is 0 Å². The van der Waals surface area contributed by atoms with Crippen LogP contribution >= 0.6 is 11.6 Å². The zero-order valence-electron chi connectivity index (χ0n) is 17.5. The van der Waals surface area contributed by atoms with Crippen molar-refractivity contribution in [2.45, 2.75) is 38.1 Å². The van der Waals surface area contributed by atoms with Gasteiger partial charge in [0.05, 0.1) is 11.6 Å². The fourth-order valence-electron chi connectivity index (χ4n) is 3.75.